The van der Waals surface area contributed by atoms with Crippen molar-refractivity contribution in [3.8, 4) is 11.5 Å². The summed E-state index contributed by atoms with van der Waals surface area (Å²) in [6.45, 7) is 0.724. The molecule has 130 valence electrons. The Hall–Kier alpha value is -3.02. The smallest absolute Gasteiger partial charge is 0.335 e. The molecule has 1 heterocycles. The van der Waals surface area contributed by atoms with Gasteiger partial charge in [-0.1, -0.05) is 18.2 Å². The number of carboxylic acids is 1. The lowest BCUT2D eigenvalue weighted by atomic mass is 10.1. The lowest BCUT2D eigenvalue weighted by Crippen LogP contribution is -2.26. The van der Waals surface area contributed by atoms with Crippen LogP contribution in [0, 0.1) is 0 Å². The second-order valence-corrected chi connectivity index (χ2v) is 5.94. The van der Waals surface area contributed by atoms with Crippen LogP contribution in [-0.2, 0) is 17.8 Å². The van der Waals surface area contributed by atoms with Gasteiger partial charge in [0.15, 0.2) is 11.5 Å². The number of hydrogen-bond acceptors (Lipinski definition) is 4. The molecule has 0 unspecified atom stereocenters. The average molecular weight is 341 g/mol. The quantitative estimate of drug-likeness (QED) is 0.874. The van der Waals surface area contributed by atoms with Gasteiger partial charge in [-0.25, -0.2) is 4.79 Å². The maximum Gasteiger partial charge on any atom is 0.335 e. The maximum absolute atomic E-state index is 12.3. The normalized spacial score (nSPS) is 12.0. The molecule has 2 aromatic carbocycles. The van der Waals surface area contributed by atoms with E-state index < -0.39 is 5.97 Å². The largest absolute Gasteiger partial charge is 0.478 e. The summed E-state index contributed by atoms with van der Waals surface area (Å²) in [6, 6.07) is 12.2. The van der Waals surface area contributed by atoms with E-state index in [1.807, 2.05) is 18.2 Å². The first-order valence-corrected chi connectivity index (χ1v) is 7.97. The van der Waals surface area contributed by atoms with E-state index in [0.29, 0.717) is 25.1 Å². The number of amides is 1. The minimum Gasteiger partial charge on any atom is -0.478 e. The SMILES string of the molecule is CN(Cc1ccc2c(c1)OCO2)C(=O)CCc1ccc(C(=O)O)cc1. The molecule has 0 aromatic heterocycles. The van der Waals surface area contributed by atoms with Crippen molar-refractivity contribution >= 4 is 11.9 Å². The monoisotopic (exact) mass is 341 g/mol. The van der Waals surface area contributed by atoms with Crippen molar-refractivity contribution in [2.24, 2.45) is 0 Å². The number of carbonyl (C=O) groups excluding carboxylic acids is 1. The van der Waals surface area contributed by atoms with Gasteiger partial charge in [0.25, 0.3) is 0 Å². The van der Waals surface area contributed by atoms with Crippen molar-refractivity contribution in [2.75, 3.05) is 13.8 Å². The van der Waals surface area contributed by atoms with Crippen LogP contribution in [0.3, 0.4) is 0 Å². The molecule has 0 fully saturated rings. The highest BCUT2D eigenvalue weighted by Gasteiger charge is 2.15. The molecule has 0 spiro atoms. The van der Waals surface area contributed by atoms with Crippen LogP contribution >= 0.6 is 0 Å². The van der Waals surface area contributed by atoms with Crippen LogP contribution < -0.4 is 9.47 Å². The molecule has 1 aliphatic rings. The van der Waals surface area contributed by atoms with E-state index in [4.69, 9.17) is 14.6 Å². The van der Waals surface area contributed by atoms with Crippen LogP contribution in [-0.4, -0.2) is 35.7 Å². The Morgan fingerprint density at radius 2 is 1.72 bits per heavy atom. The predicted octanol–water partition coefficient (Wildman–Crippen LogP) is 2.70. The summed E-state index contributed by atoms with van der Waals surface area (Å²) >= 11 is 0. The Labute approximate surface area is 145 Å². The van der Waals surface area contributed by atoms with E-state index in [0.717, 1.165) is 16.9 Å². The molecule has 6 heteroatoms. The van der Waals surface area contributed by atoms with Crippen LogP contribution in [0.2, 0.25) is 0 Å². The first kappa shape index (κ1) is 16.8. The van der Waals surface area contributed by atoms with Gasteiger partial charge in [-0.2, -0.15) is 0 Å². The highest BCUT2D eigenvalue weighted by atomic mass is 16.7. The number of aryl methyl sites for hydroxylation is 1. The molecule has 3 rings (SSSR count). The number of rotatable bonds is 6. The van der Waals surface area contributed by atoms with Gasteiger partial charge >= 0.3 is 5.97 Å². The topological polar surface area (TPSA) is 76.1 Å². The Bertz CT molecular complexity index is 785. The Morgan fingerprint density at radius 1 is 1.04 bits per heavy atom. The molecule has 0 saturated carbocycles. The number of hydrogen-bond donors (Lipinski definition) is 1. The molecule has 2 aromatic rings. The van der Waals surface area contributed by atoms with Crippen molar-refractivity contribution in [1.82, 2.24) is 4.90 Å². The summed E-state index contributed by atoms with van der Waals surface area (Å²) in [5.41, 5.74) is 2.16. The van der Waals surface area contributed by atoms with Crippen LogP contribution in [0.4, 0.5) is 0 Å². The minimum atomic E-state index is -0.953. The van der Waals surface area contributed by atoms with E-state index in [-0.39, 0.29) is 18.3 Å². The first-order chi connectivity index (χ1) is 12.0. The van der Waals surface area contributed by atoms with Gasteiger partial charge in [-0.15, -0.1) is 0 Å². The summed E-state index contributed by atoms with van der Waals surface area (Å²) in [4.78, 5) is 24.8. The Morgan fingerprint density at radius 3 is 2.44 bits per heavy atom. The zero-order valence-electron chi connectivity index (χ0n) is 13.9. The minimum absolute atomic E-state index is 0.0278. The Kier molecular flexibility index (Phi) is 4.88. The van der Waals surface area contributed by atoms with Gasteiger partial charge in [-0.05, 0) is 41.8 Å². The predicted molar refractivity (Wildman–Crippen MR) is 90.8 cm³/mol. The van der Waals surface area contributed by atoms with Gasteiger partial charge < -0.3 is 19.5 Å². The maximum atomic E-state index is 12.3. The molecule has 25 heavy (non-hydrogen) atoms. The summed E-state index contributed by atoms with van der Waals surface area (Å²) in [5, 5.41) is 8.89. The number of aromatic carboxylic acids is 1. The van der Waals surface area contributed by atoms with Gasteiger partial charge in [-0.3, -0.25) is 4.79 Å². The molecular weight excluding hydrogens is 322 g/mol. The van der Waals surface area contributed by atoms with Crippen molar-refractivity contribution in [3.63, 3.8) is 0 Å². The van der Waals surface area contributed by atoms with Crippen molar-refractivity contribution in [3.05, 3.63) is 59.2 Å². The van der Waals surface area contributed by atoms with Crippen LogP contribution in [0.15, 0.2) is 42.5 Å². The molecule has 0 atom stereocenters. The molecule has 0 aliphatic carbocycles. The number of benzene rings is 2. The van der Waals surface area contributed by atoms with Gasteiger partial charge in [0.05, 0.1) is 5.56 Å². The number of fused-ring (bicyclic) bond motifs is 1. The van der Waals surface area contributed by atoms with Crippen molar-refractivity contribution < 1.29 is 24.2 Å². The lowest BCUT2D eigenvalue weighted by molar-refractivity contribution is -0.130. The number of carbonyl (C=O) groups is 2. The fourth-order valence-electron chi connectivity index (χ4n) is 2.66. The molecule has 1 N–H and O–H groups in total. The van der Waals surface area contributed by atoms with E-state index in [9.17, 15) is 9.59 Å². The lowest BCUT2D eigenvalue weighted by Gasteiger charge is -2.17. The van der Waals surface area contributed by atoms with Crippen molar-refractivity contribution in [2.45, 2.75) is 19.4 Å². The van der Waals surface area contributed by atoms with Gasteiger partial charge in [0.1, 0.15) is 0 Å². The highest BCUT2D eigenvalue weighted by molar-refractivity contribution is 5.87. The van der Waals surface area contributed by atoms with Crippen molar-refractivity contribution in [1.29, 1.82) is 0 Å². The number of nitrogens with zero attached hydrogens (tertiary/aromatic N) is 1. The van der Waals surface area contributed by atoms with E-state index in [1.54, 1.807) is 36.2 Å². The highest BCUT2D eigenvalue weighted by Crippen LogP contribution is 2.32. The zero-order chi connectivity index (χ0) is 17.8. The van der Waals surface area contributed by atoms with Crippen LogP contribution in [0.5, 0.6) is 11.5 Å². The summed E-state index contributed by atoms with van der Waals surface area (Å²) in [5.74, 6) is 0.505. The summed E-state index contributed by atoms with van der Waals surface area (Å²) in [7, 11) is 1.76. The molecule has 0 saturated heterocycles. The third-order valence-electron chi connectivity index (χ3n) is 4.11. The fraction of sp³-hybridized carbons (Fsp3) is 0.263. The molecule has 1 aliphatic heterocycles. The van der Waals surface area contributed by atoms with Gasteiger partial charge in [0.2, 0.25) is 12.7 Å². The third kappa shape index (κ3) is 4.09. The van der Waals surface area contributed by atoms with Gasteiger partial charge in [0, 0.05) is 20.0 Å². The fourth-order valence-corrected chi connectivity index (χ4v) is 2.66. The molecule has 0 bridgehead atoms. The van der Waals surface area contributed by atoms with Crippen LogP contribution in [0.1, 0.15) is 27.9 Å². The van der Waals surface area contributed by atoms with E-state index in [2.05, 4.69) is 0 Å². The zero-order valence-corrected chi connectivity index (χ0v) is 13.9. The van der Waals surface area contributed by atoms with Crippen LogP contribution in [0.25, 0.3) is 0 Å². The standard InChI is InChI=1S/C19H19NO5/c1-20(11-14-4-8-16-17(10-14)25-12-24-16)18(21)9-5-13-2-6-15(7-3-13)19(22)23/h2-4,6-8,10H,5,9,11-12H2,1H3,(H,22,23). The number of ether oxygens (including phenoxy) is 2. The second kappa shape index (κ2) is 7.25. The molecule has 1 amide bonds. The first-order valence-electron chi connectivity index (χ1n) is 7.97. The Balaban J connectivity index is 1.53. The second-order valence-electron chi connectivity index (χ2n) is 5.94. The molecule has 6 nitrogen and oxygen atoms in total. The average Bonchev–Trinajstić information content (AvgIpc) is 3.07. The summed E-state index contributed by atoms with van der Waals surface area (Å²) < 4.78 is 10.6. The third-order valence-corrected chi connectivity index (χ3v) is 4.11. The van der Waals surface area contributed by atoms with E-state index >= 15 is 0 Å². The van der Waals surface area contributed by atoms with E-state index in [1.165, 1.54) is 0 Å². The number of carboxylic acid groups (broad SMARTS) is 1. The molecule has 0 radical (unpaired) electrons. The molecular formula is C19H19NO5. The summed E-state index contributed by atoms with van der Waals surface area (Å²) in [6.07, 6.45) is 0.942.